The van der Waals surface area contributed by atoms with Crippen LogP contribution in [0.1, 0.15) is 98.3 Å². The second-order valence-corrected chi connectivity index (χ2v) is 8.31. The third-order valence-corrected chi connectivity index (χ3v) is 6.94. The molecular weight excluding hydrogens is 240 g/mol. The molecule has 3 rings (SSSR count). The maximum atomic E-state index is 2.59. The van der Waals surface area contributed by atoms with Crippen molar-refractivity contribution in [1.29, 1.82) is 0 Å². The van der Waals surface area contributed by atoms with Crippen molar-refractivity contribution in [2.75, 3.05) is 0 Å². The lowest BCUT2D eigenvalue weighted by Gasteiger charge is -2.51. The van der Waals surface area contributed by atoms with Gasteiger partial charge in [-0.2, -0.15) is 0 Å². The third-order valence-electron chi connectivity index (χ3n) is 6.94. The molecule has 118 valence electrons. The summed E-state index contributed by atoms with van der Waals surface area (Å²) in [6.07, 6.45) is 16.3. The predicted octanol–water partition coefficient (Wildman–Crippen LogP) is 6.84. The lowest BCUT2D eigenvalue weighted by molar-refractivity contribution is -0.0262. The van der Waals surface area contributed by atoms with Gasteiger partial charge in [0.2, 0.25) is 0 Å². The van der Waals surface area contributed by atoms with Gasteiger partial charge in [-0.3, -0.25) is 0 Å². The largest absolute Gasteiger partial charge is 0.0654 e. The van der Waals surface area contributed by atoms with Crippen molar-refractivity contribution >= 4 is 0 Å². The minimum atomic E-state index is 0.662. The molecule has 0 aromatic heterocycles. The van der Waals surface area contributed by atoms with Crippen LogP contribution in [0.15, 0.2) is 0 Å². The van der Waals surface area contributed by atoms with Crippen molar-refractivity contribution in [2.24, 2.45) is 29.1 Å². The van der Waals surface area contributed by atoms with E-state index in [0.29, 0.717) is 5.41 Å². The number of fused-ring (bicyclic) bond motifs is 7. The van der Waals surface area contributed by atoms with E-state index in [0.717, 1.165) is 23.7 Å². The normalized spacial score (nSPS) is 42.6. The molecule has 0 N–H and O–H groups in total. The van der Waals surface area contributed by atoms with Crippen LogP contribution in [-0.4, -0.2) is 0 Å². The van der Waals surface area contributed by atoms with E-state index >= 15 is 0 Å². The molecule has 0 nitrogen and oxygen atoms in total. The van der Waals surface area contributed by atoms with Crippen molar-refractivity contribution in [3.8, 4) is 0 Å². The minimum Gasteiger partial charge on any atom is -0.0654 e. The van der Waals surface area contributed by atoms with E-state index in [4.69, 9.17) is 0 Å². The van der Waals surface area contributed by atoms with Crippen LogP contribution in [0.3, 0.4) is 0 Å². The van der Waals surface area contributed by atoms with Crippen LogP contribution >= 0.6 is 0 Å². The summed E-state index contributed by atoms with van der Waals surface area (Å²) in [4.78, 5) is 0. The maximum Gasteiger partial charge on any atom is -0.0326 e. The molecule has 20 heavy (non-hydrogen) atoms. The van der Waals surface area contributed by atoms with Gasteiger partial charge in [-0.1, -0.05) is 66.2 Å². The highest BCUT2D eigenvalue weighted by Crippen LogP contribution is 2.53. The highest BCUT2D eigenvalue weighted by atomic mass is 14.5. The van der Waals surface area contributed by atoms with Gasteiger partial charge in [-0.25, -0.2) is 0 Å². The van der Waals surface area contributed by atoms with E-state index in [1.807, 2.05) is 0 Å². The molecule has 2 bridgehead atoms. The van der Waals surface area contributed by atoms with Crippen molar-refractivity contribution < 1.29 is 0 Å². The first kappa shape index (κ1) is 16.4. The molecular formula is C20H38. The molecule has 3 saturated carbocycles. The highest BCUT2D eigenvalue weighted by molar-refractivity contribution is 4.94. The van der Waals surface area contributed by atoms with Gasteiger partial charge in [0.25, 0.3) is 0 Å². The zero-order chi connectivity index (χ0) is 14.6. The third kappa shape index (κ3) is 3.60. The highest BCUT2D eigenvalue weighted by Gasteiger charge is 2.45. The fourth-order valence-electron chi connectivity index (χ4n) is 5.50. The van der Waals surface area contributed by atoms with Crippen LogP contribution in [0, 0.1) is 29.1 Å². The molecule has 3 aliphatic carbocycles. The van der Waals surface area contributed by atoms with Crippen LogP contribution in [0.5, 0.6) is 0 Å². The van der Waals surface area contributed by atoms with Crippen LogP contribution in [0.25, 0.3) is 0 Å². The fourth-order valence-corrected chi connectivity index (χ4v) is 5.50. The van der Waals surface area contributed by atoms with Gasteiger partial charge in [0, 0.05) is 0 Å². The number of hydrogen-bond donors (Lipinski definition) is 0. The van der Waals surface area contributed by atoms with Crippen molar-refractivity contribution in [1.82, 2.24) is 0 Å². The first-order valence-corrected chi connectivity index (χ1v) is 9.61. The Morgan fingerprint density at radius 1 is 0.950 bits per heavy atom. The molecule has 0 aliphatic heterocycles. The lowest BCUT2D eigenvalue weighted by atomic mass is 9.54. The van der Waals surface area contributed by atoms with E-state index in [1.54, 1.807) is 0 Å². The van der Waals surface area contributed by atoms with Gasteiger partial charge in [0.1, 0.15) is 0 Å². The molecule has 3 fully saturated rings. The summed E-state index contributed by atoms with van der Waals surface area (Å²) >= 11 is 0. The molecule has 0 spiro atoms. The second kappa shape index (κ2) is 7.32. The zero-order valence-corrected chi connectivity index (χ0v) is 14.6. The van der Waals surface area contributed by atoms with Crippen molar-refractivity contribution in [2.45, 2.75) is 98.3 Å². The molecule has 0 saturated heterocycles. The predicted molar refractivity (Wildman–Crippen MR) is 89.9 cm³/mol. The summed E-state index contributed by atoms with van der Waals surface area (Å²) < 4.78 is 0. The Bertz CT molecular complexity index is 282. The van der Waals surface area contributed by atoms with Crippen LogP contribution < -0.4 is 0 Å². The molecule has 0 aromatic carbocycles. The van der Waals surface area contributed by atoms with Gasteiger partial charge >= 0.3 is 0 Å². The molecule has 5 atom stereocenters. The summed E-state index contributed by atoms with van der Waals surface area (Å²) in [7, 11) is 0. The van der Waals surface area contributed by atoms with Gasteiger partial charge < -0.3 is 0 Å². The zero-order valence-electron chi connectivity index (χ0n) is 14.6. The first-order chi connectivity index (χ1) is 9.61. The maximum absolute atomic E-state index is 2.59. The van der Waals surface area contributed by atoms with E-state index in [-0.39, 0.29) is 0 Å². The van der Waals surface area contributed by atoms with Gasteiger partial charge in [-0.15, -0.1) is 0 Å². The summed E-state index contributed by atoms with van der Waals surface area (Å²) in [5.74, 6) is 4.24. The molecule has 0 heterocycles. The molecule has 3 aliphatic rings. The van der Waals surface area contributed by atoms with E-state index in [9.17, 15) is 0 Å². The average molecular weight is 279 g/mol. The summed E-state index contributed by atoms with van der Waals surface area (Å²) in [6, 6.07) is 0. The van der Waals surface area contributed by atoms with Crippen LogP contribution in [-0.2, 0) is 0 Å². The lowest BCUT2D eigenvalue weighted by Crippen LogP contribution is -2.44. The van der Waals surface area contributed by atoms with Crippen LogP contribution in [0.2, 0.25) is 0 Å². The van der Waals surface area contributed by atoms with Crippen molar-refractivity contribution in [3.05, 3.63) is 0 Å². The number of unbranched alkanes of at least 4 members (excludes halogenated alkanes) is 1. The first-order valence-electron chi connectivity index (χ1n) is 9.61. The van der Waals surface area contributed by atoms with E-state index < -0.39 is 0 Å². The molecule has 0 aromatic rings. The Labute approximate surface area is 128 Å². The molecule has 5 unspecified atom stereocenters. The topological polar surface area (TPSA) is 0 Å². The Morgan fingerprint density at radius 2 is 1.60 bits per heavy atom. The minimum absolute atomic E-state index is 0.662. The van der Waals surface area contributed by atoms with Gasteiger partial charge in [0.05, 0.1) is 0 Å². The smallest absolute Gasteiger partial charge is 0.0326 e. The molecule has 0 radical (unpaired) electrons. The van der Waals surface area contributed by atoms with E-state index in [2.05, 4.69) is 27.7 Å². The molecule has 0 heteroatoms. The Kier molecular flexibility index (Phi) is 5.99. The Hall–Kier alpha value is 0. The second-order valence-electron chi connectivity index (χ2n) is 8.31. The monoisotopic (exact) mass is 278 g/mol. The number of rotatable bonds is 4. The fraction of sp³-hybridized carbons (Fsp3) is 1.00. The van der Waals surface area contributed by atoms with Crippen molar-refractivity contribution in [3.63, 3.8) is 0 Å². The van der Waals surface area contributed by atoms with Gasteiger partial charge in [0.15, 0.2) is 0 Å². The average Bonchev–Trinajstić information content (AvgIpc) is 2.49. The van der Waals surface area contributed by atoms with E-state index in [1.165, 1.54) is 70.6 Å². The summed E-state index contributed by atoms with van der Waals surface area (Å²) in [5, 5.41) is 0. The standard InChI is InChI=1S/C20H38/c1-5-7-13-20(4)14-9-8-11-18-16(3)19(12-10-15-20)17(18)6-2/h16-19H,5-15H2,1-4H3. The van der Waals surface area contributed by atoms with Crippen LogP contribution in [0.4, 0.5) is 0 Å². The molecule has 0 amide bonds. The van der Waals surface area contributed by atoms with Gasteiger partial charge in [-0.05, 0) is 61.2 Å². The number of hydrogen-bond acceptors (Lipinski definition) is 0. The Balaban J connectivity index is 1.94. The summed E-state index contributed by atoms with van der Waals surface area (Å²) in [5.41, 5.74) is 0.662. The summed E-state index contributed by atoms with van der Waals surface area (Å²) in [6.45, 7) is 9.92. The quantitative estimate of drug-likeness (QED) is 0.528. The SMILES string of the molecule is CCCCC1(C)CCCCC2C(C)C(CCC1)C2CC. The Morgan fingerprint density at radius 3 is 2.25 bits per heavy atom.